The predicted octanol–water partition coefficient (Wildman–Crippen LogP) is 3.97. The van der Waals surface area contributed by atoms with Crippen LogP contribution in [0, 0.1) is 18.7 Å². The van der Waals surface area contributed by atoms with Crippen LogP contribution in [-0.4, -0.2) is 24.4 Å². The fraction of sp³-hybridized carbons (Fsp3) is 0.600. The summed E-state index contributed by atoms with van der Waals surface area (Å²) in [6.45, 7) is 3.39. The number of hydrogen-bond acceptors (Lipinski definition) is 2. The minimum atomic E-state index is -4.22. The van der Waals surface area contributed by atoms with E-state index in [1.54, 1.807) is 11.8 Å². The molecule has 2 rings (SSSR count). The summed E-state index contributed by atoms with van der Waals surface area (Å²) < 4.78 is 52.3. The zero-order valence-corrected chi connectivity index (χ0v) is 12.0. The molecular weight excluding hydrogens is 286 g/mol. The van der Waals surface area contributed by atoms with E-state index in [0.717, 1.165) is 0 Å². The van der Waals surface area contributed by atoms with E-state index in [1.807, 2.05) is 0 Å². The van der Waals surface area contributed by atoms with Gasteiger partial charge in [0.25, 0.3) is 0 Å². The van der Waals surface area contributed by atoms with Crippen molar-refractivity contribution in [3.05, 3.63) is 29.1 Å². The van der Waals surface area contributed by atoms with Gasteiger partial charge >= 0.3 is 6.18 Å². The Bertz CT molecular complexity index is 513. The zero-order valence-electron chi connectivity index (χ0n) is 12.0. The van der Waals surface area contributed by atoms with Crippen molar-refractivity contribution < 1.29 is 22.7 Å². The van der Waals surface area contributed by atoms with Crippen LogP contribution in [-0.2, 0) is 0 Å². The Morgan fingerprint density at radius 2 is 2.00 bits per heavy atom. The third kappa shape index (κ3) is 3.48. The van der Waals surface area contributed by atoms with Gasteiger partial charge in [0.1, 0.15) is 5.82 Å². The van der Waals surface area contributed by atoms with Crippen molar-refractivity contribution in [1.29, 1.82) is 0 Å². The number of hydrogen-bond donors (Lipinski definition) is 1. The van der Waals surface area contributed by atoms with Gasteiger partial charge in [0.05, 0.1) is 12.0 Å². The summed E-state index contributed by atoms with van der Waals surface area (Å²) in [5, 5.41) is 9.76. The minimum absolute atomic E-state index is 0.115. The first-order chi connectivity index (χ1) is 9.70. The maximum Gasteiger partial charge on any atom is 0.393 e. The van der Waals surface area contributed by atoms with Gasteiger partial charge in [0.2, 0.25) is 0 Å². The molecule has 0 aliphatic carbocycles. The van der Waals surface area contributed by atoms with Crippen molar-refractivity contribution in [3.8, 4) is 0 Å². The molecule has 0 amide bonds. The molecule has 0 radical (unpaired) electrons. The van der Waals surface area contributed by atoms with Crippen LogP contribution in [0.2, 0.25) is 0 Å². The van der Waals surface area contributed by atoms with Gasteiger partial charge in [-0.05, 0) is 44.4 Å². The number of piperidine rings is 1. The van der Waals surface area contributed by atoms with Gasteiger partial charge in [-0.3, -0.25) is 0 Å². The zero-order chi connectivity index (χ0) is 15.8. The summed E-state index contributed by atoms with van der Waals surface area (Å²) in [4.78, 5) is 1.61. The van der Waals surface area contributed by atoms with E-state index in [1.165, 1.54) is 19.1 Å². The second kappa shape index (κ2) is 5.83. The second-order valence-electron chi connectivity index (χ2n) is 5.66. The lowest BCUT2D eigenvalue weighted by Crippen LogP contribution is -2.42. The monoisotopic (exact) mass is 305 g/mol. The Morgan fingerprint density at radius 1 is 1.33 bits per heavy atom. The SMILES string of the molecule is Cc1cc(N2CCCC(C(F)(F)F)C2)c(C(C)O)cc1F. The molecule has 1 aromatic carbocycles. The first kappa shape index (κ1) is 16.1. The van der Waals surface area contributed by atoms with E-state index in [4.69, 9.17) is 0 Å². The molecule has 6 heteroatoms. The lowest BCUT2D eigenvalue weighted by molar-refractivity contribution is -0.176. The Balaban J connectivity index is 2.34. The van der Waals surface area contributed by atoms with E-state index in [-0.39, 0.29) is 13.0 Å². The van der Waals surface area contributed by atoms with Crippen molar-refractivity contribution in [2.24, 2.45) is 5.92 Å². The van der Waals surface area contributed by atoms with Crippen LogP contribution >= 0.6 is 0 Å². The summed E-state index contributed by atoms with van der Waals surface area (Å²) in [7, 11) is 0. The first-order valence-corrected chi connectivity index (χ1v) is 7.00. The molecule has 21 heavy (non-hydrogen) atoms. The van der Waals surface area contributed by atoms with Crippen molar-refractivity contribution in [2.75, 3.05) is 18.0 Å². The Morgan fingerprint density at radius 3 is 2.57 bits per heavy atom. The summed E-state index contributed by atoms with van der Waals surface area (Å²) in [6.07, 6.45) is -4.61. The highest BCUT2D eigenvalue weighted by atomic mass is 19.4. The van der Waals surface area contributed by atoms with Gasteiger partial charge in [-0.15, -0.1) is 0 Å². The molecule has 0 saturated carbocycles. The number of halogens is 4. The molecule has 1 aromatic rings. The van der Waals surface area contributed by atoms with E-state index >= 15 is 0 Å². The van der Waals surface area contributed by atoms with Crippen LogP contribution in [0.3, 0.4) is 0 Å². The van der Waals surface area contributed by atoms with Crippen LogP contribution in [0.15, 0.2) is 12.1 Å². The Hall–Kier alpha value is -1.30. The number of anilines is 1. The number of nitrogens with zero attached hydrogens (tertiary/aromatic N) is 1. The molecular formula is C15H19F4NO. The molecule has 2 unspecified atom stereocenters. The molecule has 1 saturated heterocycles. The van der Waals surface area contributed by atoms with Gasteiger partial charge < -0.3 is 10.0 Å². The maximum absolute atomic E-state index is 13.6. The van der Waals surface area contributed by atoms with Gasteiger partial charge in [-0.2, -0.15) is 13.2 Å². The number of aryl methyl sites for hydroxylation is 1. The third-order valence-electron chi connectivity index (χ3n) is 3.98. The lowest BCUT2D eigenvalue weighted by Gasteiger charge is -2.36. The van der Waals surface area contributed by atoms with Gasteiger partial charge in [0, 0.05) is 24.3 Å². The molecule has 1 N–H and O–H groups in total. The van der Waals surface area contributed by atoms with Crippen molar-refractivity contribution in [1.82, 2.24) is 0 Å². The number of aliphatic hydroxyl groups is 1. The van der Waals surface area contributed by atoms with Gasteiger partial charge in [-0.25, -0.2) is 4.39 Å². The van der Waals surface area contributed by atoms with E-state index in [9.17, 15) is 22.7 Å². The topological polar surface area (TPSA) is 23.5 Å². The van der Waals surface area contributed by atoms with E-state index in [2.05, 4.69) is 0 Å². The second-order valence-corrected chi connectivity index (χ2v) is 5.66. The maximum atomic E-state index is 13.6. The summed E-state index contributed by atoms with van der Waals surface area (Å²) >= 11 is 0. The molecule has 2 atom stereocenters. The summed E-state index contributed by atoms with van der Waals surface area (Å²) in [5.41, 5.74) is 1.20. The molecule has 1 aliphatic rings. The lowest BCUT2D eigenvalue weighted by atomic mass is 9.95. The fourth-order valence-electron chi connectivity index (χ4n) is 2.75. The normalized spacial score (nSPS) is 21.5. The summed E-state index contributed by atoms with van der Waals surface area (Å²) in [6, 6.07) is 2.74. The fourth-order valence-corrected chi connectivity index (χ4v) is 2.75. The van der Waals surface area contributed by atoms with Crippen LogP contribution in [0.1, 0.15) is 37.0 Å². The smallest absolute Gasteiger partial charge is 0.389 e. The molecule has 1 fully saturated rings. The Labute approximate surface area is 121 Å². The molecule has 0 spiro atoms. The van der Waals surface area contributed by atoms with E-state index < -0.39 is 24.0 Å². The largest absolute Gasteiger partial charge is 0.393 e. The summed E-state index contributed by atoms with van der Waals surface area (Å²) in [5.74, 6) is -1.84. The van der Waals surface area contributed by atoms with Crippen LogP contribution < -0.4 is 4.90 Å². The highest BCUT2D eigenvalue weighted by Gasteiger charge is 2.42. The standard InChI is InChI=1S/C15H19F4NO/c1-9-6-14(12(10(2)21)7-13(9)16)20-5-3-4-11(8-20)15(17,18)19/h6-7,10-11,21H,3-5,8H2,1-2H3. The number of rotatable bonds is 2. The number of aliphatic hydroxyl groups excluding tert-OH is 1. The van der Waals surface area contributed by atoms with Crippen molar-refractivity contribution in [3.63, 3.8) is 0 Å². The molecule has 1 aliphatic heterocycles. The minimum Gasteiger partial charge on any atom is -0.389 e. The quantitative estimate of drug-likeness (QED) is 0.836. The average Bonchev–Trinajstić information content (AvgIpc) is 2.40. The van der Waals surface area contributed by atoms with Gasteiger partial charge in [-0.1, -0.05) is 0 Å². The van der Waals surface area contributed by atoms with Crippen LogP contribution in [0.25, 0.3) is 0 Å². The molecule has 1 heterocycles. The van der Waals surface area contributed by atoms with Crippen LogP contribution in [0.4, 0.5) is 23.2 Å². The average molecular weight is 305 g/mol. The Kier molecular flexibility index (Phi) is 4.46. The van der Waals surface area contributed by atoms with Crippen LogP contribution in [0.5, 0.6) is 0 Å². The predicted molar refractivity (Wildman–Crippen MR) is 72.8 cm³/mol. The highest BCUT2D eigenvalue weighted by molar-refractivity contribution is 5.57. The number of benzene rings is 1. The van der Waals surface area contributed by atoms with Crippen molar-refractivity contribution >= 4 is 5.69 Å². The van der Waals surface area contributed by atoms with Crippen molar-refractivity contribution in [2.45, 2.75) is 39.0 Å². The molecule has 0 aromatic heterocycles. The number of alkyl halides is 3. The highest BCUT2D eigenvalue weighted by Crippen LogP contribution is 2.37. The third-order valence-corrected chi connectivity index (χ3v) is 3.98. The first-order valence-electron chi connectivity index (χ1n) is 7.00. The van der Waals surface area contributed by atoms with Gasteiger partial charge in [0.15, 0.2) is 0 Å². The molecule has 0 bridgehead atoms. The molecule has 118 valence electrons. The molecule has 2 nitrogen and oxygen atoms in total. The van der Waals surface area contributed by atoms with E-state index in [0.29, 0.717) is 29.8 Å².